The Morgan fingerprint density at radius 3 is 2.58 bits per heavy atom. The minimum absolute atomic E-state index is 0.155. The Labute approximate surface area is 189 Å². The average molecular weight is 454 g/mol. The van der Waals surface area contributed by atoms with E-state index in [1.807, 2.05) is 89.3 Å². The van der Waals surface area contributed by atoms with Gasteiger partial charge in [0.25, 0.3) is 0 Å². The summed E-state index contributed by atoms with van der Waals surface area (Å²) in [6.07, 6.45) is 3.76. The average Bonchev–Trinajstić information content (AvgIpc) is 3.44. The second-order valence-corrected chi connectivity index (χ2v) is 7.78. The minimum Gasteiger partial charge on any atom is -0.492 e. The third-order valence-corrected chi connectivity index (χ3v) is 5.59. The SMILES string of the molecule is CCOc1ccccc1NC(=O)CSc1nnc(-c2ccccc2Cl)n1-n1cccc1. The molecule has 0 saturated heterocycles. The zero-order chi connectivity index (χ0) is 21.6. The number of para-hydroxylation sites is 2. The van der Waals surface area contributed by atoms with Gasteiger partial charge in [0.15, 0.2) is 5.82 Å². The van der Waals surface area contributed by atoms with Crippen LogP contribution in [-0.4, -0.2) is 37.8 Å². The summed E-state index contributed by atoms with van der Waals surface area (Å²) in [5, 5.41) is 12.7. The summed E-state index contributed by atoms with van der Waals surface area (Å²) in [6.45, 7) is 2.42. The summed E-state index contributed by atoms with van der Waals surface area (Å²) in [7, 11) is 0. The number of halogens is 1. The van der Waals surface area contributed by atoms with E-state index in [-0.39, 0.29) is 11.7 Å². The van der Waals surface area contributed by atoms with Crippen molar-refractivity contribution in [2.45, 2.75) is 12.1 Å². The lowest BCUT2D eigenvalue weighted by molar-refractivity contribution is -0.113. The van der Waals surface area contributed by atoms with Crippen molar-refractivity contribution in [1.29, 1.82) is 0 Å². The van der Waals surface area contributed by atoms with Gasteiger partial charge in [0.2, 0.25) is 11.1 Å². The number of aromatic nitrogens is 4. The number of nitrogens with zero attached hydrogens (tertiary/aromatic N) is 4. The summed E-state index contributed by atoms with van der Waals surface area (Å²) in [5.74, 6) is 1.22. The van der Waals surface area contributed by atoms with Crippen molar-refractivity contribution < 1.29 is 9.53 Å². The van der Waals surface area contributed by atoms with Gasteiger partial charge in [0.1, 0.15) is 5.75 Å². The number of hydrogen-bond acceptors (Lipinski definition) is 5. The topological polar surface area (TPSA) is 74.0 Å². The molecular weight excluding hydrogens is 434 g/mol. The smallest absolute Gasteiger partial charge is 0.234 e. The summed E-state index contributed by atoms with van der Waals surface area (Å²) in [5.41, 5.74) is 1.39. The fourth-order valence-corrected chi connectivity index (χ4v) is 3.95. The molecule has 0 aliphatic carbocycles. The maximum atomic E-state index is 12.6. The van der Waals surface area contributed by atoms with Crippen LogP contribution in [0.1, 0.15) is 6.92 Å². The first-order chi connectivity index (χ1) is 15.2. The second kappa shape index (κ2) is 9.72. The van der Waals surface area contributed by atoms with Crippen LogP contribution in [-0.2, 0) is 4.79 Å². The van der Waals surface area contributed by atoms with E-state index >= 15 is 0 Å². The van der Waals surface area contributed by atoms with Gasteiger partial charge in [-0.2, -0.15) is 0 Å². The molecule has 1 N–H and O–H groups in total. The highest BCUT2D eigenvalue weighted by atomic mass is 35.5. The predicted octanol–water partition coefficient (Wildman–Crippen LogP) is 4.84. The van der Waals surface area contributed by atoms with Crippen molar-refractivity contribution in [2.24, 2.45) is 0 Å². The third kappa shape index (κ3) is 4.76. The molecule has 158 valence electrons. The monoisotopic (exact) mass is 453 g/mol. The first-order valence-electron chi connectivity index (χ1n) is 9.65. The lowest BCUT2D eigenvalue weighted by Crippen LogP contribution is -2.16. The summed E-state index contributed by atoms with van der Waals surface area (Å²) < 4.78 is 9.25. The molecule has 0 saturated carbocycles. The van der Waals surface area contributed by atoms with Crippen molar-refractivity contribution in [2.75, 3.05) is 17.7 Å². The number of hydrogen-bond donors (Lipinski definition) is 1. The summed E-state index contributed by atoms with van der Waals surface area (Å²) >= 11 is 7.67. The number of thioether (sulfide) groups is 1. The minimum atomic E-state index is -0.168. The molecule has 2 aromatic carbocycles. The van der Waals surface area contributed by atoms with Gasteiger partial charge in [0, 0.05) is 18.0 Å². The van der Waals surface area contributed by atoms with E-state index in [9.17, 15) is 4.79 Å². The molecule has 2 heterocycles. The van der Waals surface area contributed by atoms with Crippen molar-refractivity contribution in [1.82, 2.24) is 19.5 Å². The van der Waals surface area contributed by atoms with Crippen LogP contribution in [0.2, 0.25) is 5.02 Å². The van der Waals surface area contributed by atoms with Gasteiger partial charge in [-0.05, 0) is 43.3 Å². The lowest BCUT2D eigenvalue weighted by Gasteiger charge is -2.13. The van der Waals surface area contributed by atoms with Gasteiger partial charge in [-0.25, -0.2) is 4.68 Å². The Kier molecular flexibility index (Phi) is 6.59. The Hall–Kier alpha value is -3.23. The summed E-state index contributed by atoms with van der Waals surface area (Å²) in [6, 6.07) is 18.6. The maximum Gasteiger partial charge on any atom is 0.234 e. The number of ether oxygens (including phenoxy) is 1. The Balaban J connectivity index is 1.56. The van der Waals surface area contributed by atoms with Gasteiger partial charge in [-0.3, -0.25) is 9.47 Å². The zero-order valence-electron chi connectivity index (χ0n) is 16.7. The highest BCUT2D eigenvalue weighted by Crippen LogP contribution is 2.30. The normalized spacial score (nSPS) is 10.8. The molecule has 0 bridgehead atoms. The van der Waals surface area contributed by atoms with Gasteiger partial charge in [-0.15, -0.1) is 10.2 Å². The van der Waals surface area contributed by atoms with Crippen LogP contribution in [0.5, 0.6) is 5.75 Å². The van der Waals surface area contributed by atoms with Crippen molar-refractivity contribution in [3.63, 3.8) is 0 Å². The number of rotatable bonds is 8. The van der Waals surface area contributed by atoms with Crippen molar-refractivity contribution >= 4 is 35.0 Å². The van der Waals surface area contributed by atoms with Crippen molar-refractivity contribution in [3.8, 4) is 17.1 Å². The zero-order valence-corrected chi connectivity index (χ0v) is 18.3. The second-order valence-electron chi connectivity index (χ2n) is 6.43. The number of benzene rings is 2. The van der Waals surface area contributed by atoms with E-state index < -0.39 is 0 Å². The van der Waals surface area contributed by atoms with Crippen molar-refractivity contribution in [3.05, 3.63) is 78.1 Å². The van der Waals surface area contributed by atoms with Crippen LogP contribution in [0.3, 0.4) is 0 Å². The Morgan fingerprint density at radius 2 is 1.81 bits per heavy atom. The summed E-state index contributed by atoms with van der Waals surface area (Å²) in [4.78, 5) is 12.6. The number of carbonyl (C=O) groups excluding carboxylic acids is 1. The van der Waals surface area contributed by atoms with E-state index in [2.05, 4.69) is 15.5 Å². The third-order valence-electron chi connectivity index (χ3n) is 4.34. The molecule has 0 aliphatic rings. The van der Waals surface area contributed by atoms with Crippen LogP contribution in [0.4, 0.5) is 5.69 Å². The quantitative estimate of drug-likeness (QED) is 0.386. The molecule has 7 nitrogen and oxygen atoms in total. The number of carbonyl (C=O) groups is 1. The molecule has 0 radical (unpaired) electrons. The molecule has 9 heteroatoms. The lowest BCUT2D eigenvalue weighted by atomic mass is 10.2. The van der Waals surface area contributed by atoms with Crippen LogP contribution < -0.4 is 10.1 Å². The van der Waals surface area contributed by atoms with Crippen LogP contribution in [0, 0.1) is 0 Å². The predicted molar refractivity (Wildman–Crippen MR) is 123 cm³/mol. The van der Waals surface area contributed by atoms with Gasteiger partial charge in [0.05, 0.1) is 23.1 Å². The van der Waals surface area contributed by atoms with E-state index in [0.29, 0.717) is 34.0 Å². The van der Waals surface area contributed by atoms with Crippen LogP contribution in [0.15, 0.2) is 78.2 Å². The molecule has 0 spiro atoms. The van der Waals surface area contributed by atoms with Crippen LogP contribution >= 0.6 is 23.4 Å². The molecule has 2 aromatic heterocycles. The standard InChI is InChI=1S/C22H20ClN5O2S/c1-2-30-19-12-6-5-11-18(19)24-20(29)15-31-22-26-25-21(16-9-3-4-10-17(16)23)28(22)27-13-7-8-14-27/h3-14H,2,15H2,1H3,(H,24,29). The largest absolute Gasteiger partial charge is 0.492 e. The number of anilines is 1. The fraction of sp³-hybridized carbons (Fsp3) is 0.136. The van der Waals surface area contributed by atoms with Gasteiger partial charge >= 0.3 is 0 Å². The highest BCUT2D eigenvalue weighted by Gasteiger charge is 2.19. The molecule has 31 heavy (non-hydrogen) atoms. The Morgan fingerprint density at radius 1 is 1.06 bits per heavy atom. The molecular formula is C22H20ClN5O2S. The Bertz CT molecular complexity index is 1180. The maximum absolute atomic E-state index is 12.6. The molecule has 0 unspecified atom stereocenters. The highest BCUT2D eigenvalue weighted by molar-refractivity contribution is 7.99. The van der Waals surface area contributed by atoms with Gasteiger partial charge in [-0.1, -0.05) is 47.6 Å². The molecule has 4 rings (SSSR count). The van der Waals surface area contributed by atoms with Crippen LogP contribution in [0.25, 0.3) is 11.4 Å². The molecule has 0 fully saturated rings. The number of nitrogens with one attached hydrogen (secondary N) is 1. The van der Waals surface area contributed by atoms with E-state index in [0.717, 1.165) is 5.56 Å². The molecule has 4 aromatic rings. The van der Waals surface area contributed by atoms with E-state index in [4.69, 9.17) is 16.3 Å². The molecule has 0 atom stereocenters. The fourth-order valence-electron chi connectivity index (χ4n) is 3.00. The van der Waals surface area contributed by atoms with E-state index in [1.54, 1.807) is 0 Å². The molecule has 1 amide bonds. The number of amides is 1. The first-order valence-corrected chi connectivity index (χ1v) is 11.0. The van der Waals surface area contributed by atoms with E-state index in [1.165, 1.54) is 11.8 Å². The first kappa shape index (κ1) is 21.0. The van der Waals surface area contributed by atoms with Gasteiger partial charge < -0.3 is 10.1 Å². The molecule has 0 aliphatic heterocycles.